The van der Waals surface area contributed by atoms with E-state index in [2.05, 4.69) is 12.2 Å². The van der Waals surface area contributed by atoms with E-state index in [1.54, 1.807) is 0 Å². The Hall–Kier alpha value is -0.610. The lowest BCUT2D eigenvalue weighted by Gasteiger charge is -2.17. The van der Waals surface area contributed by atoms with Gasteiger partial charge in [0.05, 0.1) is 5.54 Å². The van der Waals surface area contributed by atoms with Gasteiger partial charge in [-0.05, 0) is 31.6 Å². The first kappa shape index (κ1) is 12.5. The van der Waals surface area contributed by atoms with Crippen molar-refractivity contribution in [1.82, 2.24) is 5.32 Å². The summed E-state index contributed by atoms with van der Waals surface area (Å²) in [7, 11) is 0. The third-order valence-corrected chi connectivity index (χ3v) is 3.03. The normalized spacial score (nSPS) is 19.7. The molecule has 1 rings (SSSR count). The zero-order chi connectivity index (χ0) is 11.3. The van der Waals surface area contributed by atoms with E-state index in [-0.39, 0.29) is 12.5 Å². The lowest BCUT2D eigenvalue weighted by Crippen LogP contribution is -2.44. The molecule has 4 heteroatoms. The summed E-state index contributed by atoms with van der Waals surface area (Å²) in [4.78, 5) is 11.5. The van der Waals surface area contributed by atoms with Crippen molar-refractivity contribution in [3.8, 4) is 0 Å². The molecule has 0 bridgehead atoms. The van der Waals surface area contributed by atoms with Crippen molar-refractivity contribution >= 4 is 5.91 Å². The second-order valence-electron chi connectivity index (χ2n) is 4.53. The summed E-state index contributed by atoms with van der Waals surface area (Å²) < 4.78 is 0. The number of carbonyl (C=O) groups is 1. The molecule has 1 aliphatic carbocycles. The van der Waals surface area contributed by atoms with Crippen LogP contribution in [0.25, 0.3) is 0 Å². The number of aliphatic hydroxyl groups excluding tert-OH is 1. The third kappa shape index (κ3) is 3.80. The lowest BCUT2D eigenvalue weighted by atomic mass is 10.00. The number of carbonyl (C=O) groups excluding carboxylic acids is 1. The van der Waals surface area contributed by atoms with Gasteiger partial charge in [-0.25, -0.2) is 0 Å². The third-order valence-electron chi connectivity index (χ3n) is 3.03. The summed E-state index contributed by atoms with van der Waals surface area (Å²) in [6.07, 6.45) is 4.48. The molecule has 0 aromatic carbocycles. The molecule has 0 heterocycles. The summed E-state index contributed by atoms with van der Waals surface area (Å²) in [6, 6.07) is 0. The zero-order valence-corrected chi connectivity index (χ0v) is 9.46. The van der Waals surface area contributed by atoms with Crippen LogP contribution in [0.3, 0.4) is 0 Å². The first-order valence-electron chi connectivity index (χ1n) is 5.80. The number of hydrogen-bond acceptors (Lipinski definition) is 3. The van der Waals surface area contributed by atoms with E-state index < -0.39 is 5.54 Å². The van der Waals surface area contributed by atoms with E-state index in [0.29, 0.717) is 12.5 Å². The van der Waals surface area contributed by atoms with Gasteiger partial charge in [-0.3, -0.25) is 4.79 Å². The fraction of sp³-hybridized carbons (Fsp3) is 0.909. The predicted molar refractivity (Wildman–Crippen MR) is 59.3 cm³/mol. The molecular weight excluding hydrogens is 192 g/mol. The van der Waals surface area contributed by atoms with Crippen LogP contribution in [0.15, 0.2) is 0 Å². The molecule has 0 spiro atoms. The fourth-order valence-electron chi connectivity index (χ4n) is 1.71. The minimum Gasteiger partial charge on any atom is -0.396 e. The van der Waals surface area contributed by atoms with Crippen LogP contribution in [0.4, 0.5) is 0 Å². The Morgan fingerprint density at radius 1 is 1.53 bits per heavy atom. The predicted octanol–water partition coefficient (Wildman–Crippen LogP) is 0.393. The Bertz CT molecular complexity index is 209. The van der Waals surface area contributed by atoms with Crippen molar-refractivity contribution in [2.45, 2.75) is 44.6 Å². The Kier molecular flexibility index (Phi) is 4.54. The summed E-state index contributed by atoms with van der Waals surface area (Å²) in [6.45, 7) is 2.94. The standard InChI is InChI=1S/C11H22N2O2/c1-2-3-9(4-7-14)8-13-10(15)11(12)5-6-11/h9,14H,2-8,12H2,1H3,(H,13,15). The van der Waals surface area contributed by atoms with Gasteiger partial charge in [-0.1, -0.05) is 13.3 Å². The van der Waals surface area contributed by atoms with Gasteiger partial charge in [0.15, 0.2) is 0 Å². The number of amides is 1. The van der Waals surface area contributed by atoms with Crippen LogP contribution in [0.5, 0.6) is 0 Å². The minimum atomic E-state index is -0.573. The SMILES string of the molecule is CCCC(CCO)CNC(=O)C1(N)CC1. The van der Waals surface area contributed by atoms with Gasteiger partial charge in [0.2, 0.25) is 5.91 Å². The molecule has 1 unspecified atom stereocenters. The molecule has 0 aromatic rings. The maximum Gasteiger partial charge on any atom is 0.240 e. The number of nitrogens with one attached hydrogen (secondary N) is 1. The number of nitrogens with two attached hydrogens (primary N) is 1. The van der Waals surface area contributed by atoms with Gasteiger partial charge in [-0.2, -0.15) is 0 Å². The highest BCUT2D eigenvalue weighted by molar-refractivity contribution is 5.88. The molecule has 1 aliphatic rings. The van der Waals surface area contributed by atoms with Crippen molar-refractivity contribution in [2.75, 3.05) is 13.2 Å². The Morgan fingerprint density at radius 2 is 2.20 bits per heavy atom. The fourth-order valence-corrected chi connectivity index (χ4v) is 1.71. The smallest absolute Gasteiger partial charge is 0.240 e. The maximum absolute atomic E-state index is 11.5. The van der Waals surface area contributed by atoms with E-state index in [0.717, 1.165) is 32.1 Å². The highest BCUT2D eigenvalue weighted by atomic mass is 16.3. The van der Waals surface area contributed by atoms with E-state index in [1.165, 1.54) is 0 Å². The Balaban J connectivity index is 2.23. The first-order valence-corrected chi connectivity index (χ1v) is 5.80. The van der Waals surface area contributed by atoms with E-state index in [9.17, 15) is 4.79 Å². The molecule has 0 radical (unpaired) electrons. The van der Waals surface area contributed by atoms with Crippen LogP contribution in [-0.4, -0.2) is 29.7 Å². The van der Waals surface area contributed by atoms with Crippen molar-refractivity contribution in [3.63, 3.8) is 0 Å². The first-order chi connectivity index (χ1) is 7.12. The number of hydrogen-bond donors (Lipinski definition) is 3. The second kappa shape index (κ2) is 5.47. The quantitative estimate of drug-likeness (QED) is 0.574. The summed E-state index contributed by atoms with van der Waals surface area (Å²) >= 11 is 0. The van der Waals surface area contributed by atoms with Crippen LogP contribution < -0.4 is 11.1 Å². The van der Waals surface area contributed by atoms with Crippen molar-refractivity contribution in [1.29, 1.82) is 0 Å². The van der Waals surface area contributed by atoms with Gasteiger partial charge in [0, 0.05) is 13.2 Å². The number of aliphatic hydroxyl groups is 1. The average Bonchev–Trinajstić information content (AvgIpc) is 2.94. The van der Waals surface area contributed by atoms with Gasteiger partial charge < -0.3 is 16.2 Å². The second-order valence-corrected chi connectivity index (χ2v) is 4.53. The monoisotopic (exact) mass is 214 g/mol. The highest BCUT2D eigenvalue weighted by Gasteiger charge is 2.45. The molecule has 1 atom stereocenters. The summed E-state index contributed by atoms with van der Waals surface area (Å²) in [5.74, 6) is 0.354. The van der Waals surface area contributed by atoms with Gasteiger partial charge in [0.1, 0.15) is 0 Å². The van der Waals surface area contributed by atoms with Crippen molar-refractivity contribution in [2.24, 2.45) is 11.7 Å². The van der Waals surface area contributed by atoms with Crippen LogP contribution >= 0.6 is 0 Å². The molecule has 1 saturated carbocycles. The largest absolute Gasteiger partial charge is 0.396 e. The Morgan fingerprint density at radius 3 is 2.67 bits per heavy atom. The van der Waals surface area contributed by atoms with Crippen molar-refractivity contribution < 1.29 is 9.90 Å². The van der Waals surface area contributed by atoms with E-state index in [1.807, 2.05) is 0 Å². The van der Waals surface area contributed by atoms with Crippen LogP contribution in [0, 0.1) is 5.92 Å². The molecule has 0 saturated heterocycles. The lowest BCUT2D eigenvalue weighted by molar-refractivity contribution is -0.123. The molecule has 0 aromatic heterocycles. The summed E-state index contributed by atoms with van der Waals surface area (Å²) in [5.41, 5.74) is 5.19. The van der Waals surface area contributed by atoms with Gasteiger partial charge in [0.25, 0.3) is 0 Å². The maximum atomic E-state index is 11.5. The average molecular weight is 214 g/mol. The summed E-state index contributed by atoms with van der Waals surface area (Å²) in [5, 5.41) is 11.7. The van der Waals surface area contributed by atoms with Gasteiger partial charge in [-0.15, -0.1) is 0 Å². The van der Waals surface area contributed by atoms with E-state index in [4.69, 9.17) is 10.8 Å². The molecule has 15 heavy (non-hydrogen) atoms. The highest BCUT2D eigenvalue weighted by Crippen LogP contribution is 2.32. The number of rotatable bonds is 7. The van der Waals surface area contributed by atoms with E-state index >= 15 is 0 Å². The topological polar surface area (TPSA) is 75.3 Å². The van der Waals surface area contributed by atoms with Crippen molar-refractivity contribution in [3.05, 3.63) is 0 Å². The molecular formula is C11H22N2O2. The zero-order valence-electron chi connectivity index (χ0n) is 9.46. The van der Waals surface area contributed by atoms with Crippen LogP contribution in [0.2, 0.25) is 0 Å². The van der Waals surface area contributed by atoms with Crippen LogP contribution in [0.1, 0.15) is 39.0 Å². The molecule has 4 N–H and O–H groups in total. The minimum absolute atomic E-state index is 0.0263. The van der Waals surface area contributed by atoms with Gasteiger partial charge >= 0.3 is 0 Å². The molecule has 1 amide bonds. The molecule has 4 nitrogen and oxygen atoms in total. The molecule has 1 fully saturated rings. The van der Waals surface area contributed by atoms with Crippen LogP contribution in [-0.2, 0) is 4.79 Å². The molecule has 0 aliphatic heterocycles. The Labute approximate surface area is 91.2 Å². The molecule has 88 valence electrons.